The van der Waals surface area contributed by atoms with Gasteiger partial charge in [0.05, 0.1) is 5.56 Å². The second-order valence-electron chi connectivity index (χ2n) is 6.50. The molecule has 0 amide bonds. The zero-order chi connectivity index (χ0) is 20.7. The lowest BCUT2D eigenvalue weighted by Crippen LogP contribution is -2.09. The lowest BCUT2D eigenvalue weighted by molar-refractivity contribution is 0.0697. The molecule has 3 heterocycles. The summed E-state index contributed by atoms with van der Waals surface area (Å²) < 4.78 is 16.8. The van der Waals surface area contributed by atoms with Crippen molar-refractivity contribution in [3.8, 4) is 11.1 Å². The fraction of sp³-hybridized carbons (Fsp3) is 0.136. The van der Waals surface area contributed by atoms with Gasteiger partial charge < -0.3 is 5.11 Å². The first-order valence-electron chi connectivity index (χ1n) is 8.62. The van der Waals surface area contributed by atoms with Gasteiger partial charge in [-0.3, -0.25) is 9.20 Å². The molecule has 0 saturated carbocycles. The van der Waals surface area contributed by atoms with Crippen molar-refractivity contribution >= 4 is 44.7 Å². The number of thiophene rings is 1. The predicted octanol–water partition coefficient (Wildman–Crippen LogP) is 6.03. The number of hydrogen-bond acceptors (Lipinski definition) is 4. The minimum atomic E-state index is -1.13. The van der Waals surface area contributed by atoms with Crippen LogP contribution in [0.2, 0.25) is 0 Å². The molecule has 4 aromatic rings. The highest BCUT2D eigenvalue weighted by molar-refractivity contribution is 9.10. The maximum Gasteiger partial charge on any atom is 0.337 e. The van der Waals surface area contributed by atoms with Crippen LogP contribution in [0.1, 0.15) is 38.7 Å². The number of halogens is 2. The molecule has 0 spiro atoms. The van der Waals surface area contributed by atoms with E-state index in [0.717, 1.165) is 15.6 Å². The van der Waals surface area contributed by atoms with E-state index < -0.39 is 17.7 Å². The molecule has 0 atom stereocenters. The molecule has 0 aliphatic heterocycles. The highest BCUT2D eigenvalue weighted by Gasteiger charge is 2.25. The summed E-state index contributed by atoms with van der Waals surface area (Å²) in [6, 6.07) is 10.7. The molecule has 5 nitrogen and oxygen atoms in total. The molecule has 8 heteroatoms. The Morgan fingerprint density at radius 3 is 2.57 bits per heavy atom. The maximum absolute atomic E-state index is 14.7. The molecule has 0 fully saturated rings. The zero-order valence-electron chi connectivity index (χ0n) is 15.1. The largest absolute Gasteiger partial charge is 0.478 e. The third-order valence-corrected chi connectivity index (χ3v) is 6.12. The van der Waals surface area contributed by atoms with Crippen molar-refractivity contribution in [3.05, 3.63) is 80.1 Å². The number of carboxylic acid groups (broad SMARTS) is 1. The summed E-state index contributed by atoms with van der Waals surface area (Å²) >= 11 is 4.52. The van der Waals surface area contributed by atoms with E-state index in [1.165, 1.54) is 21.9 Å². The standard InChI is InChI=1S/C21H14BrFN2O3S.CH4/c1-11-3-2-8-25-19(23)18(24-20(11)25)15(26)9-16-17(21(27)28)14(10-29-16)12-4-6-13(22)7-5-12;/h2-8,10H,9H2,1H3,(H,27,28);1H4. The zero-order valence-corrected chi connectivity index (χ0v) is 17.6. The molecule has 0 aliphatic rings. The summed E-state index contributed by atoms with van der Waals surface area (Å²) in [5.74, 6) is -2.43. The van der Waals surface area contributed by atoms with Gasteiger partial charge in [-0.1, -0.05) is 41.6 Å². The second kappa shape index (κ2) is 8.49. The third-order valence-electron chi connectivity index (χ3n) is 4.61. The number of pyridine rings is 1. The van der Waals surface area contributed by atoms with Crippen molar-refractivity contribution in [2.75, 3.05) is 0 Å². The van der Waals surface area contributed by atoms with E-state index in [4.69, 9.17) is 0 Å². The number of carbonyl (C=O) groups excluding carboxylic acids is 1. The van der Waals surface area contributed by atoms with E-state index in [0.29, 0.717) is 16.1 Å². The summed E-state index contributed by atoms with van der Waals surface area (Å²) in [5, 5.41) is 11.4. The van der Waals surface area contributed by atoms with Gasteiger partial charge >= 0.3 is 5.97 Å². The molecular weight excluding hydrogens is 471 g/mol. The van der Waals surface area contributed by atoms with E-state index in [9.17, 15) is 19.1 Å². The number of aromatic carboxylic acids is 1. The molecule has 1 N–H and O–H groups in total. The number of ketones is 1. The summed E-state index contributed by atoms with van der Waals surface area (Å²) in [7, 11) is 0. The highest BCUT2D eigenvalue weighted by atomic mass is 79.9. The molecule has 154 valence electrons. The molecule has 1 aromatic carbocycles. The summed E-state index contributed by atoms with van der Waals surface area (Å²) in [5.41, 5.74) is 2.15. The third kappa shape index (κ3) is 3.80. The molecule has 3 aromatic heterocycles. The monoisotopic (exact) mass is 488 g/mol. The van der Waals surface area contributed by atoms with E-state index in [1.807, 2.05) is 12.1 Å². The second-order valence-corrected chi connectivity index (χ2v) is 8.38. The number of benzene rings is 1. The number of aromatic nitrogens is 2. The summed E-state index contributed by atoms with van der Waals surface area (Å²) in [6.07, 6.45) is 1.27. The number of rotatable bonds is 5. The van der Waals surface area contributed by atoms with Crippen molar-refractivity contribution in [2.45, 2.75) is 20.8 Å². The Balaban J connectivity index is 0.00000256. The van der Waals surface area contributed by atoms with E-state index in [1.54, 1.807) is 36.6 Å². The predicted molar refractivity (Wildman–Crippen MR) is 119 cm³/mol. The normalized spacial score (nSPS) is 10.8. The minimum absolute atomic E-state index is 0. The Kier molecular flexibility index (Phi) is 6.19. The molecule has 30 heavy (non-hydrogen) atoms. The van der Waals surface area contributed by atoms with Gasteiger partial charge in [-0.25, -0.2) is 9.78 Å². The number of nitrogens with zero attached hydrogens (tertiary/aromatic N) is 2. The fourth-order valence-electron chi connectivity index (χ4n) is 3.19. The number of fused-ring (bicyclic) bond motifs is 1. The molecule has 0 radical (unpaired) electrons. The molecular formula is C22H18BrFN2O3S. The Labute approximate surface area is 185 Å². The van der Waals surface area contributed by atoms with Gasteiger partial charge in [0, 0.05) is 27.5 Å². The summed E-state index contributed by atoms with van der Waals surface area (Å²) in [6.45, 7) is 1.78. The Bertz CT molecular complexity index is 1260. The van der Waals surface area contributed by atoms with Crippen molar-refractivity contribution in [2.24, 2.45) is 0 Å². The topological polar surface area (TPSA) is 71.7 Å². The number of imidazole rings is 1. The number of carbonyl (C=O) groups is 2. The number of hydrogen-bond donors (Lipinski definition) is 1. The first kappa shape index (κ1) is 21.9. The van der Waals surface area contributed by atoms with Crippen molar-refractivity contribution in [1.82, 2.24) is 9.38 Å². The van der Waals surface area contributed by atoms with Gasteiger partial charge in [0.2, 0.25) is 5.95 Å². The highest BCUT2D eigenvalue weighted by Crippen LogP contribution is 2.33. The Hall–Kier alpha value is -2.84. The lowest BCUT2D eigenvalue weighted by Gasteiger charge is -2.04. The van der Waals surface area contributed by atoms with Gasteiger partial charge in [-0.15, -0.1) is 11.3 Å². The SMILES string of the molecule is C.Cc1cccn2c(F)c(C(=O)Cc3scc(-c4ccc(Br)cc4)c3C(=O)O)nc12. The van der Waals surface area contributed by atoms with Crippen LogP contribution in [-0.4, -0.2) is 26.2 Å². The van der Waals surface area contributed by atoms with Crippen molar-refractivity contribution in [3.63, 3.8) is 0 Å². The first-order valence-corrected chi connectivity index (χ1v) is 10.3. The van der Waals surface area contributed by atoms with Crippen LogP contribution in [0, 0.1) is 12.9 Å². The van der Waals surface area contributed by atoms with Crippen LogP contribution < -0.4 is 0 Å². The van der Waals surface area contributed by atoms with Crippen LogP contribution in [0.5, 0.6) is 0 Å². The maximum atomic E-state index is 14.7. The Morgan fingerprint density at radius 2 is 1.93 bits per heavy atom. The van der Waals surface area contributed by atoms with Gasteiger partial charge in [-0.2, -0.15) is 4.39 Å². The van der Waals surface area contributed by atoms with E-state index in [2.05, 4.69) is 20.9 Å². The Morgan fingerprint density at radius 1 is 1.23 bits per heavy atom. The van der Waals surface area contributed by atoms with Crippen molar-refractivity contribution < 1.29 is 19.1 Å². The quantitative estimate of drug-likeness (QED) is 0.348. The van der Waals surface area contributed by atoms with E-state index in [-0.39, 0.29) is 25.1 Å². The van der Waals surface area contributed by atoms with Crippen LogP contribution in [0.4, 0.5) is 4.39 Å². The number of aryl methyl sites for hydroxylation is 1. The molecule has 0 bridgehead atoms. The van der Waals surface area contributed by atoms with Gasteiger partial charge in [0.15, 0.2) is 11.5 Å². The molecule has 0 aliphatic carbocycles. The van der Waals surface area contributed by atoms with Gasteiger partial charge in [0.25, 0.3) is 0 Å². The number of Topliss-reactive ketones (excluding diaryl/α,β-unsaturated/α-hetero) is 1. The van der Waals surface area contributed by atoms with Gasteiger partial charge in [0.1, 0.15) is 5.65 Å². The molecule has 0 saturated heterocycles. The average molecular weight is 489 g/mol. The lowest BCUT2D eigenvalue weighted by atomic mass is 10.0. The minimum Gasteiger partial charge on any atom is -0.478 e. The summed E-state index contributed by atoms with van der Waals surface area (Å²) in [4.78, 5) is 29.2. The van der Waals surface area contributed by atoms with Gasteiger partial charge in [-0.05, 0) is 41.6 Å². The number of carboxylic acids is 1. The molecule has 0 unspecified atom stereocenters. The first-order chi connectivity index (χ1) is 13.9. The van der Waals surface area contributed by atoms with Crippen molar-refractivity contribution in [1.29, 1.82) is 0 Å². The van der Waals surface area contributed by atoms with E-state index >= 15 is 0 Å². The fourth-order valence-corrected chi connectivity index (χ4v) is 4.49. The molecule has 4 rings (SSSR count). The smallest absolute Gasteiger partial charge is 0.337 e. The van der Waals surface area contributed by atoms with Crippen LogP contribution in [0.15, 0.2) is 52.4 Å². The van der Waals surface area contributed by atoms with Crippen LogP contribution >= 0.6 is 27.3 Å². The van der Waals surface area contributed by atoms with Crippen LogP contribution in [0.25, 0.3) is 16.8 Å². The average Bonchev–Trinajstić information content (AvgIpc) is 3.25. The van der Waals surface area contributed by atoms with Crippen LogP contribution in [0.3, 0.4) is 0 Å². The van der Waals surface area contributed by atoms with Crippen LogP contribution in [-0.2, 0) is 6.42 Å².